The summed E-state index contributed by atoms with van der Waals surface area (Å²) in [6, 6.07) is 8.53. The number of aromatic nitrogens is 2. The lowest BCUT2D eigenvalue weighted by molar-refractivity contribution is 0.188. The first kappa shape index (κ1) is 13.3. The first-order chi connectivity index (χ1) is 9.65. The standard InChI is InChI=1S/C16H22N4/c1-16(2)8-5-9-17-14(16)11-19-15-18-10-12-6-3-4-7-13(12)20-15/h3-4,6-7,10,14,17H,5,8-9,11H2,1-2H3,(H,18,19,20). The molecule has 0 amide bonds. The Labute approximate surface area is 120 Å². The summed E-state index contributed by atoms with van der Waals surface area (Å²) in [5.74, 6) is 0.715. The van der Waals surface area contributed by atoms with Gasteiger partial charge in [-0.15, -0.1) is 0 Å². The van der Waals surface area contributed by atoms with Crippen molar-refractivity contribution < 1.29 is 0 Å². The molecule has 2 aromatic rings. The summed E-state index contributed by atoms with van der Waals surface area (Å²) in [5, 5.41) is 8.05. The molecule has 0 bridgehead atoms. The zero-order chi connectivity index (χ0) is 14.0. The summed E-state index contributed by atoms with van der Waals surface area (Å²) in [7, 11) is 0. The van der Waals surface area contributed by atoms with E-state index in [1.165, 1.54) is 12.8 Å². The number of hydrogen-bond acceptors (Lipinski definition) is 4. The zero-order valence-electron chi connectivity index (χ0n) is 12.2. The van der Waals surface area contributed by atoms with Crippen LogP contribution in [0.25, 0.3) is 10.9 Å². The predicted molar refractivity (Wildman–Crippen MR) is 82.8 cm³/mol. The Morgan fingerprint density at radius 3 is 3.05 bits per heavy atom. The van der Waals surface area contributed by atoms with Crippen LogP contribution in [0.3, 0.4) is 0 Å². The average Bonchev–Trinajstić information content (AvgIpc) is 2.45. The van der Waals surface area contributed by atoms with E-state index in [9.17, 15) is 0 Å². The van der Waals surface area contributed by atoms with Crippen molar-refractivity contribution in [2.75, 3.05) is 18.4 Å². The third kappa shape index (κ3) is 2.75. The van der Waals surface area contributed by atoms with Gasteiger partial charge >= 0.3 is 0 Å². The molecule has 0 aliphatic carbocycles. The zero-order valence-corrected chi connectivity index (χ0v) is 12.2. The number of para-hydroxylation sites is 1. The van der Waals surface area contributed by atoms with Crippen molar-refractivity contribution in [3.8, 4) is 0 Å². The summed E-state index contributed by atoms with van der Waals surface area (Å²) in [5.41, 5.74) is 1.31. The van der Waals surface area contributed by atoms with Crippen LogP contribution >= 0.6 is 0 Å². The summed E-state index contributed by atoms with van der Waals surface area (Å²) in [6.07, 6.45) is 4.41. The van der Waals surface area contributed by atoms with Gasteiger partial charge in [0.2, 0.25) is 5.95 Å². The highest BCUT2D eigenvalue weighted by atomic mass is 15.1. The minimum Gasteiger partial charge on any atom is -0.353 e. The lowest BCUT2D eigenvalue weighted by Gasteiger charge is -2.39. The molecule has 4 heteroatoms. The third-order valence-electron chi connectivity index (χ3n) is 4.29. The maximum Gasteiger partial charge on any atom is 0.223 e. The Balaban J connectivity index is 1.70. The van der Waals surface area contributed by atoms with E-state index in [0.717, 1.165) is 24.0 Å². The first-order valence-corrected chi connectivity index (χ1v) is 7.34. The fraction of sp³-hybridized carbons (Fsp3) is 0.500. The first-order valence-electron chi connectivity index (χ1n) is 7.34. The molecule has 0 spiro atoms. The normalized spacial score (nSPS) is 21.8. The van der Waals surface area contributed by atoms with E-state index in [1.807, 2.05) is 30.5 Å². The van der Waals surface area contributed by atoms with E-state index in [0.29, 0.717) is 17.4 Å². The van der Waals surface area contributed by atoms with Crippen LogP contribution in [0.4, 0.5) is 5.95 Å². The number of nitrogens with zero attached hydrogens (tertiary/aromatic N) is 2. The molecule has 1 aliphatic rings. The van der Waals surface area contributed by atoms with Gasteiger partial charge in [-0.2, -0.15) is 0 Å². The summed E-state index contributed by atoms with van der Waals surface area (Å²) in [4.78, 5) is 8.95. The molecule has 2 N–H and O–H groups in total. The molecule has 1 aromatic heterocycles. The highest BCUT2D eigenvalue weighted by molar-refractivity contribution is 5.78. The minimum atomic E-state index is 0.322. The smallest absolute Gasteiger partial charge is 0.223 e. The molecule has 1 atom stereocenters. The topological polar surface area (TPSA) is 49.8 Å². The van der Waals surface area contributed by atoms with Gasteiger partial charge in [-0.25, -0.2) is 9.97 Å². The molecular weight excluding hydrogens is 248 g/mol. The van der Waals surface area contributed by atoms with E-state index >= 15 is 0 Å². The molecule has 1 fully saturated rings. The van der Waals surface area contributed by atoms with Gasteiger partial charge in [0.15, 0.2) is 0 Å². The van der Waals surface area contributed by atoms with Gasteiger partial charge in [-0.05, 0) is 30.9 Å². The van der Waals surface area contributed by atoms with Gasteiger partial charge in [0.25, 0.3) is 0 Å². The van der Waals surface area contributed by atoms with Gasteiger partial charge < -0.3 is 10.6 Å². The molecule has 3 rings (SSSR count). The van der Waals surface area contributed by atoms with Crippen molar-refractivity contribution in [3.05, 3.63) is 30.5 Å². The predicted octanol–water partition coefficient (Wildman–Crippen LogP) is 2.82. The number of fused-ring (bicyclic) bond motifs is 1. The number of rotatable bonds is 3. The van der Waals surface area contributed by atoms with Crippen molar-refractivity contribution >= 4 is 16.9 Å². The van der Waals surface area contributed by atoms with Gasteiger partial charge in [0.05, 0.1) is 5.52 Å². The summed E-state index contributed by atoms with van der Waals surface area (Å²) >= 11 is 0. The quantitative estimate of drug-likeness (QED) is 0.900. The van der Waals surface area contributed by atoms with Crippen LogP contribution in [0.15, 0.2) is 30.5 Å². The molecule has 0 saturated carbocycles. The molecule has 106 valence electrons. The van der Waals surface area contributed by atoms with Crippen LogP contribution in [0, 0.1) is 5.41 Å². The van der Waals surface area contributed by atoms with E-state index in [2.05, 4.69) is 34.4 Å². The van der Waals surface area contributed by atoms with Gasteiger partial charge in [-0.1, -0.05) is 32.0 Å². The van der Waals surface area contributed by atoms with Crippen molar-refractivity contribution in [1.82, 2.24) is 15.3 Å². The van der Waals surface area contributed by atoms with Crippen LogP contribution in [0.2, 0.25) is 0 Å². The van der Waals surface area contributed by atoms with Gasteiger partial charge in [-0.3, -0.25) is 0 Å². The molecular formula is C16H22N4. The Morgan fingerprint density at radius 2 is 2.20 bits per heavy atom. The summed E-state index contributed by atoms with van der Waals surface area (Å²) in [6.45, 7) is 6.62. The second-order valence-corrected chi connectivity index (χ2v) is 6.23. The van der Waals surface area contributed by atoms with Gasteiger partial charge in [0, 0.05) is 24.2 Å². The molecule has 0 radical (unpaired) electrons. The molecule has 1 saturated heterocycles. The highest BCUT2D eigenvalue weighted by Crippen LogP contribution is 2.30. The number of piperidine rings is 1. The monoisotopic (exact) mass is 270 g/mol. The van der Waals surface area contributed by atoms with Crippen LogP contribution in [0.5, 0.6) is 0 Å². The molecule has 20 heavy (non-hydrogen) atoms. The fourth-order valence-electron chi connectivity index (χ4n) is 2.87. The number of hydrogen-bond donors (Lipinski definition) is 2. The Bertz CT molecular complexity index is 594. The van der Waals surface area contributed by atoms with Gasteiger partial charge in [0.1, 0.15) is 0 Å². The van der Waals surface area contributed by atoms with E-state index in [1.54, 1.807) is 0 Å². The third-order valence-corrected chi connectivity index (χ3v) is 4.29. The lowest BCUT2D eigenvalue weighted by atomic mass is 9.77. The summed E-state index contributed by atoms with van der Waals surface area (Å²) < 4.78 is 0. The Kier molecular flexibility index (Phi) is 3.57. The van der Waals surface area contributed by atoms with Crippen molar-refractivity contribution in [3.63, 3.8) is 0 Å². The maximum absolute atomic E-state index is 4.56. The second kappa shape index (κ2) is 5.37. The molecule has 1 aromatic carbocycles. The molecule has 1 unspecified atom stereocenters. The molecule has 1 aliphatic heterocycles. The second-order valence-electron chi connectivity index (χ2n) is 6.23. The maximum atomic E-state index is 4.56. The molecule has 4 nitrogen and oxygen atoms in total. The van der Waals surface area contributed by atoms with Crippen molar-refractivity contribution in [2.24, 2.45) is 5.41 Å². The Morgan fingerprint density at radius 1 is 1.35 bits per heavy atom. The Hall–Kier alpha value is -1.68. The number of nitrogens with one attached hydrogen (secondary N) is 2. The van der Waals surface area contributed by atoms with Crippen molar-refractivity contribution in [2.45, 2.75) is 32.7 Å². The largest absolute Gasteiger partial charge is 0.353 e. The number of anilines is 1. The van der Waals surface area contributed by atoms with Crippen LogP contribution < -0.4 is 10.6 Å². The van der Waals surface area contributed by atoms with E-state index in [-0.39, 0.29) is 0 Å². The fourth-order valence-corrected chi connectivity index (χ4v) is 2.87. The highest BCUT2D eigenvalue weighted by Gasteiger charge is 2.31. The SMILES string of the molecule is CC1(C)CCCNC1CNc1ncc2ccccc2n1. The van der Waals surface area contributed by atoms with Crippen LogP contribution in [-0.4, -0.2) is 29.1 Å². The van der Waals surface area contributed by atoms with Crippen molar-refractivity contribution in [1.29, 1.82) is 0 Å². The number of benzene rings is 1. The molecule has 2 heterocycles. The van der Waals surface area contributed by atoms with E-state index < -0.39 is 0 Å². The van der Waals surface area contributed by atoms with Crippen LogP contribution in [0.1, 0.15) is 26.7 Å². The van der Waals surface area contributed by atoms with Crippen LogP contribution in [-0.2, 0) is 0 Å². The average molecular weight is 270 g/mol. The van der Waals surface area contributed by atoms with E-state index in [4.69, 9.17) is 0 Å². The minimum absolute atomic E-state index is 0.322. The lowest BCUT2D eigenvalue weighted by Crippen LogP contribution is -2.50.